The van der Waals surface area contributed by atoms with Crippen LogP contribution in [0.4, 0.5) is 0 Å². The number of H-pyrrole nitrogens is 1. The second-order valence-corrected chi connectivity index (χ2v) is 8.14. The number of amides is 1. The molecule has 0 spiro atoms. The van der Waals surface area contributed by atoms with E-state index in [-0.39, 0.29) is 18.6 Å². The van der Waals surface area contributed by atoms with Gasteiger partial charge in [0.2, 0.25) is 0 Å². The van der Waals surface area contributed by atoms with Gasteiger partial charge < -0.3 is 19.5 Å². The van der Waals surface area contributed by atoms with Crippen LogP contribution in [-0.2, 0) is 11.2 Å². The van der Waals surface area contributed by atoms with Crippen LogP contribution in [0.1, 0.15) is 23.0 Å². The summed E-state index contributed by atoms with van der Waals surface area (Å²) in [4.78, 5) is 32.5. The van der Waals surface area contributed by atoms with Gasteiger partial charge in [0.1, 0.15) is 17.2 Å². The number of rotatable bonds is 7. The zero-order valence-corrected chi connectivity index (χ0v) is 18.6. The number of aryl methyl sites for hydroxylation is 1. The maximum Gasteiger partial charge on any atom is 0.336 e. The van der Waals surface area contributed by atoms with E-state index in [1.807, 2.05) is 67.6 Å². The van der Waals surface area contributed by atoms with Crippen molar-refractivity contribution in [2.24, 2.45) is 0 Å². The van der Waals surface area contributed by atoms with Gasteiger partial charge in [-0.3, -0.25) is 4.79 Å². The van der Waals surface area contributed by atoms with Crippen molar-refractivity contribution in [3.05, 3.63) is 106 Å². The zero-order valence-electron chi connectivity index (χ0n) is 18.6. The van der Waals surface area contributed by atoms with Crippen LogP contribution in [0, 0.1) is 6.92 Å². The molecule has 0 bridgehead atoms. The molecule has 0 aliphatic heterocycles. The molecule has 2 N–H and O–H groups in total. The standard InChI is InChI=1S/C27H23N3O4/c1-17-13-26(32)34-24-15-19(11-12-20(17)24)33-16-25(31)28-23(14-18-7-3-2-4-8-18)27-29-21-9-5-6-10-22(21)30-27/h2-13,15,23H,14,16H2,1H3,(H,28,31)(H,29,30)/t23-/m1/s1. The molecule has 5 rings (SSSR count). The third-order valence-corrected chi connectivity index (χ3v) is 5.65. The van der Waals surface area contributed by atoms with Gasteiger partial charge in [-0.25, -0.2) is 9.78 Å². The number of nitrogens with one attached hydrogen (secondary N) is 2. The Morgan fingerprint density at radius 3 is 2.68 bits per heavy atom. The van der Waals surface area contributed by atoms with Crippen molar-refractivity contribution in [1.82, 2.24) is 15.3 Å². The van der Waals surface area contributed by atoms with E-state index in [0.29, 0.717) is 23.6 Å². The third-order valence-electron chi connectivity index (χ3n) is 5.65. The number of hydrogen-bond donors (Lipinski definition) is 2. The molecule has 2 heterocycles. The molecule has 0 aliphatic rings. The Hall–Kier alpha value is -4.39. The van der Waals surface area contributed by atoms with E-state index in [4.69, 9.17) is 9.15 Å². The van der Waals surface area contributed by atoms with Gasteiger partial charge >= 0.3 is 5.63 Å². The summed E-state index contributed by atoms with van der Waals surface area (Å²) in [6.45, 7) is 1.66. The van der Waals surface area contributed by atoms with E-state index in [1.165, 1.54) is 6.07 Å². The monoisotopic (exact) mass is 453 g/mol. The molecule has 0 saturated carbocycles. The number of imidazole rings is 1. The second kappa shape index (κ2) is 9.23. The maximum absolute atomic E-state index is 12.8. The third kappa shape index (κ3) is 4.68. The second-order valence-electron chi connectivity index (χ2n) is 8.14. The van der Waals surface area contributed by atoms with E-state index >= 15 is 0 Å². The lowest BCUT2D eigenvalue weighted by atomic mass is 10.1. The molecule has 2 aromatic heterocycles. The lowest BCUT2D eigenvalue weighted by molar-refractivity contribution is -0.123. The number of fused-ring (bicyclic) bond motifs is 2. The molecule has 7 heteroatoms. The van der Waals surface area contributed by atoms with Crippen LogP contribution in [0.25, 0.3) is 22.0 Å². The Labute approximate surface area is 195 Å². The molecule has 5 aromatic rings. The summed E-state index contributed by atoms with van der Waals surface area (Å²) in [5.41, 5.74) is 3.66. The van der Waals surface area contributed by atoms with Crippen molar-refractivity contribution in [2.75, 3.05) is 6.61 Å². The first-order valence-electron chi connectivity index (χ1n) is 11.0. The Bertz CT molecular complexity index is 1490. The Balaban J connectivity index is 1.33. The van der Waals surface area contributed by atoms with Crippen molar-refractivity contribution in [3.63, 3.8) is 0 Å². The summed E-state index contributed by atoms with van der Waals surface area (Å²) in [7, 11) is 0. The summed E-state index contributed by atoms with van der Waals surface area (Å²) in [6.07, 6.45) is 0.576. The molecule has 0 unspecified atom stereocenters. The van der Waals surface area contributed by atoms with Crippen LogP contribution in [0.5, 0.6) is 5.75 Å². The van der Waals surface area contributed by atoms with Gasteiger partial charge in [0.05, 0.1) is 17.1 Å². The van der Waals surface area contributed by atoms with Gasteiger partial charge in [0.15, 0.2) is 6.61 Å². The van der Waals surface area contributed by atoms with Crippen molar-refractivity contribution < 1.29 is 13.9 Å². The van der Waals surface area contributed by atoms with Crippen LogP contribution < -0.4 is 15.7 Å². The average molecular weight is 453 g/mol. The van der Waals surface area contributed by atoms with Crippen molar-refractivity contribution in [3.8, 4) is 5.75 Å². The van der Waals surface area contributed by atoms with E-state index in [9.17, 15) is 9.59 Å². The number of hydrogen-bond acceptors (Lipinski definition) is 5. The summed E-state index contributed by atoms with van der Waals surface area (Å²) in [6, 6.07) is 24.0. The highest BCUT2D eigenvalue weighted by molar-refractivity contribution is 5.82. The van der Waals surface area contributed by atoms with Gasteiger partial charge in [-0.05, 0) is 48.7 Å². The largest absolute Gasteiger partial charge is 0.484 e. The topological polar surface area (TPSA) is 97.2 Å². The molecule has 0 saturated heterocycles. The predicted molar refractivity (Wildman–Crippen MR) is 130 cm³/mol. The molecular weight excluding hydrogens is 430 g/mol. The fourth-order valence-corrected chi connectivity index (χ4v) is 3.98. The number of aromatic amines is 1. The van der Waals surface area contributed by atoms with Crippen LogP contribution in [0.15, 0.2) is 88.1 Å². The molecule has 0 aliphatic carbocycles. The normalized spacial score (nSPS) is 12.0. The summed E-state index contributed by atoms with van der Waals surface area (Å²) >= 11 is 0. The molecule has 1 amide bonds. The van der Waals surface area contributed by atoms with Gasteiger partial charge in [-0.1, -0.05) is 42.5 Å². The summed E-state index contributed by atoms with van der Waals surface area (Å²) < 4.78 is 11.0. The van der Waals surface area contributed by atoms with Crippen molar-refractivity contribution in [1.29, 1.82) is 0 Å². The number of carbonyl (C=O) groups is 1. The highest BCUT2D eigenvalue weighted by Crippen LogP contribution is 2.23. The first kappa shape index (κ1) is 21.5. The quantitative estimate of drug-likeness (QED) is 0.355. The van der Waals surface area contributed by atoms with Gasteiger partial charge in [-0.15, -0.1) is 0 Å². The lowest BCUT2D eigenvalue weighted by Gasteiger charge is -2.17. The number of carbonyl (C=O) groups excluding carboxylic acids is 1. The van der Waals surface area contributed by atoms with Gasteiger partial charge in [-0.2, -0.15) is 0 Å². The average Bonchev–Trinajstić information content (AvgIpc) is 3.27. The number of nitrogens with zero attached hydrogens (tertiary/aromatic N) is 1. The van der Waals surface area contributed by atoms with Crippen molar-refractivity contribution in [2.45, 2.75) is 19.4 Å². The Morgan fingerprint density at radius 1 is 1.06 bits per heavy atom. The fourth-order valence-electron chi connectivity index (χ4n) is 3.98. The first-order valence-corrected chi connectivity index (χ1v) is 11.0. The van der Waals surface area contributed by atoms with E-state index < -0.39 is 5.63 Å². The molecule has 7 nitrogen and oxygen atoms in total. The SMILES string of the molecule is Cc1cc(=O)oc2cc(OCC(=O)N[C@H](Cc3ccccc3)c3nc4ccccc4[nH]3)ccc12. The molecule has 0 radical (unpaired) electrons. The molecule has 0 fully saturated rings. The lowest BCUT2D eigenvalue weighted by Crippen LogP contribution is -2.34. The van der Waals surface area contributed by atoms with E-state index in [2.05, 4.69) is 15.3 Å². The molecule has 3 aromatic carbocycles. The minimum absolute atomic E-state index is 0.187. The Kier molecular flexibility index (Phi) is 5.82. The van der Waals surface area contributed by atoms with E-state index in [1.54, 1.807) is 12.1 Å². The minimum atomic E-state index is -0.422. The van der Waals surface area contributed by atoms with Crippen LogP contribution in [-0.4, -0.2) is 22.5 Å². The highest BCUT2D eigenvalue weighted by Gasteiger charge is 2.19. The summed E-state index contributed by atoms with van der Waals surface area (Å²) in [5, 5.41) is 3.86. The zero-order chi connectivity index (χ0) is 23.5. The van der Waals surface area contributed by atoms with Crippen molar-refractivity contribution >= 4 is 27.9 Å². The Morgan fingerprint density at radius 2 is 1.85 bits per heavy atom. The number of benzene rings is 3. The fraction of sp³-hybridized carbons (Fsp3) is 0.148. The summed E-state index contributed by atoms with van der Waals surface area (Å²) in [5.74, 6) is 0.841. The van der Waals surface area contributed by atoms with Gasteiger partial charge in [0, 0.05) is 17.5 Å². The number of ether oxygens (including phenoxy) is 1. The van der Waals surface area contributed by atoms with Gasteiger partial charge in [0.25, 0.3) is 5.91 Å². The smallest absolute Gasteiger partial charge is 0.336 e. The maximum atomic E-state index is 12.8. The molecule has 170 valence electrons. The van der Waals surface area contributed by atoms with Crippen LogP contribution >= 0.6 is 0 Å². The number of aromatic nitrogens is 2. The van der Waals surface area contributed by atoms with Crippen LogP contribution in [0.3, 0.4) is 0 Å². The first-order chi connectivity index (χ1) is 16.5. The minimum Gasteiger partial charge on any atom is -0.484 e. The molecular formula is C27H23N3O4. The van der Waals surface area contributed by atoms with E-state index in [0.717, 1.165) is 27.5 Å². The van der Waals surface area contributed by atoms with Crippen LogP contribution in [0.2, 0.25) is 0 Å². The predicted octanol–water partition coefficient (Wildman–Crippen LogP) is 4.46. The highest BCUT2D eigenvalue weighted by atomic mass is 16.5. The number of para-hydroxylation sites is 2. The molecule has 34 heavy (non-hydrogen) atoms. The molecule has 1 atom stereocenters.